The number of halogens is 2. The molecule has 1 saturated heterocycles. The summed E-state index contributed by atoms with van der Waals surface area (Å²) >= 11 is 0. The minimum atomic E-state index is -0.812. The Kier molecular flexibility index (Phi) is 3.94. The maximum atomic E-state index is 13.9. The molecule has 0 aromatic heterocycles. The number of rotatable bonds is 1. The molecule has 2 aromatic rings. The Hall–Kier alpha value is -2.43. The number of fused-ring (bicyclic) bond motifs is 1. The van der Waals surface area contributed by atoms with Crippen LogP contribution in [0.4, 0.5) is 8.78 Å². The number of amides is 1. The summed E-state index contributed by atoms with van der Waals surface area (Å²) in [5.41, 5.74) is 0.465. The summed E-state index contributed by atoms with van der Waals surface area (Å²) in [6, 6.07) is 11.5. The predicted octanol–water partition coefficient (Wildman–Crippen LogP) is 3.96. The normalized spacial score (nSPS) is 18.6. The maximum Gasteiger partial charge on any atom is 0.259 e. The molecule has 25 heavy (non-hydrogen) atoms. The van der Waals surface area contributed by atoms with Crippen LogP contribution in [-0.4, -0.2) is 29.5 Å². The van der Waals surface area contributed by atoms with Crippen molar-refractivity contribution in [1.82, 2.24) is 4.90 Å². The number of aryl methyl sites for hydroxylation is 1. The average molecular weight is 343 g/mol. The third kappa shape index (κ3) is 2.88. The molecule has 2 aromatic carbocycles. The van der Waals surface area contributed by atoms with Crippen LogP contribution in [0.15, 0.2) is 42.5 Å². The first-order valence-corrected chi connectivity index (χ1v) is 8.58. The lowest BCUT2D eigenvalue weighted by molar-refractivity contribution is -0.0108. The zero-order valence-electron chi connectivity index (χ0n) is 13.8. The number of nitrogens with zero attached hydrogens (tertiary/aromatic N) is 1. The zero-order chi connectivity index (χ0) is 17.4. The van der Waals surface area contributed by atoms with E-state index in [2.05, 4.69) is 6.07 Å². The predicted molar refractivity (Wildman–Crippen MR) is 89.6 cm³/mol. The van der Waals surface area contributed by atoms with E-state index in [9.17, 15) is 13.6 Å². The fraction of sp³-hybridized carbons (Fsp3) is 0.350. The van der Waals surface area contributed by atoms with Crippen molar-refractivity contribution in [1.29, 1.82) is 0 Å². The summed E-state index contributed by atoms with van der Waals surface area (Å²) in [6.45, 7) is 0.879. The van der Waals surface area contributed by atoms with Crippen LogP contribution in [0.1, 0.15) is 35.2 Å². The molecule has 4 rings (SSSR count). The molecule has 1 amide bonds. The monoisotopic (exact) mass is 343 g/mol. The Balaban J connectivity index is 1.48. The van der Waals surface area contributed by atoms with Gasteiger partial charge in [-0.1, -0.05) is 24.3 Å². The van der Waals surface area contributed by atoms with Gasteiger partial charge >= 0.3 is 0 Å². The molecule has 2 aliphatic rings. The Bertz CT molecular complexity index is 793. The molecule has 1 spiro atoms. The molecule has 2 aliphatic heterocycles. The largest absolute Gasteiger partial charge is 0.487 e. The van der Waals surface area contributed by atoms with Crippen molar-refractivity contribution in [3.8, 4) is 5.75 Å². The van der Waals surface area contributed by atoms with Crippen molar-refractivity contribution in [2.45, 2.75) is 31.3 Å². The summed E-state index contributed by atoms with van der Waals surface area (Å²) in [6.07, 6.45) is 3.19. The molecule has 5 heteroatoms. The Morgan fingerprint density at radius 2 is 1.64 bits per heavy atom. The van der Waals surface area contributed by atoms with Crippen LogP contribution >= 0.6 is 0 Å². The summed E-state index contributed by atoms with van der Waals surface area (Å²) in [5, 5.41) is 0. The molecular weight excluding hydrogens is 324 g/mol. The number of carbonyl (C=O) groups excluding carboxylic acids is 1. The zero-order valence-corrected chi connectivity index (χ0v) is 13.8. The number of hydrogen-bond acceptors (Lipinski definition) is 2. The van der Waals surface area contributed by atoms with E-state index in [1.807, 2.05) is 18.2 Å². The highest BCUT2D eigenvalue weighted by molar-refractivity contribution is 5.94. The second kappa shape index (κ2) is 6.14. The molecule has 0 atom stereocenters. The molecule has 3 nitrogen and oxygen atoms in total. The van der Waals surface area contributed by atoms with Crippen molar-refractivity contribution in [3.63, 3.8) is 0 Å². The van der Waals surface area contributed by atoms with E-state index < -0.39 is 23.1 Å². The standard InChI is InChI=1S/C20H19F2NO2/c21-15-5-3-6-16(22)18(15)19(24)23-12-10-20(11-13-23)9-8-14-4-1-2-7-17(14)25-20/h1-7H,8-13H2. The van der Waals surface area contributed by atoms with Crippen LogP contribution in [0.5, 0.6) is 5.75 Å². The molecular formula is C20H19F2NO2. The second-order valence-electron chi connectivity index (χ2n) is 6.78. The van der Waals surface area contributed by atoms with E-state index in [4.69, 9.17) is 4.74 Å². The number of likely N-dealkylation sites (tertiary alicyclic amines) is 1. The van der Waals surface area contributed by atoms with Gasteiger partial charge in [0.15, 0.2) is 0 Å². The fourth-order valence-corrected chi connectivity index (χ4v) is 3.79. The quantitative estimate of drug-likeness (QED) is 0.784. The van der Waals surface area contributed by atoms with Gasteiger partial charge in [0, 0.05) is 25.9 Å². The molecule has 0 unspecified atom stereocenters. The first-order chi connectivity index (χ1) is 12.1. The lowest BCUT2D eigenvalue weighted by Gasteiger charge is -2.44. The van der Waals surface area contributed by atoms with E-state index in [0.717, 1.165) is 30.7 Å². The van der Waals surface area contributed by atoms with Crippen LogP contribution in [-0.2, 0) is 6.42 Å². The van der Waals surface area contributed by atoms with Gasteiger partial charge in [-0.25, -0.2) is 8.78 Å². The van der Waals surface area contributed by atoms with Gasteiger partial charge in [0.2, 0.25) is 0 Å². The van der Waals surface area contributed by atoms with E-state index >= 15 is 0 Å². The smallest absolute Gasteiger partial charge is 0.259 e. The number of para-hydroxylation sites is 1. The van der Waals surface area contributed by atoms with Crippen molar-refractivity contribution in [3.05, 3.63) is 65.2 Å². The molecule has 0 bridgehead atoms. The van der Waals surface area contributed by atoms with Gasteiger partial charge in [0.1, 0.15) is 28.5 Å². The maximum absolute atomic E-state index is 13.9. The topological polar surface area (TPSA) is 29.5 Å². The molecule has 0 saturated carbocycles. The SMILES string of the molecule is O=C(c1c(F)cccc1F)N1CCC2(CCc3ccccc3O2)CC1. The number of hydrogen-bond donors (Lipinski definition) is 0. The van der Waals surface area contributed by atoms with Crippen molar-refractivity contribution >= 4 is 5.91 Å². The molecule has 130 valence electrons. The second-order valence-corrected chi connectivity index (χ2v) is 6.78. The highest BCUT2D eigenvalue weighted by atomic mass is 19.1. The summed E-state index contributed by atoms with van der Waals surface area (Å²) in [5.74, 6) is -1.29. The molecule has 1 fully saturated rings. The minimum Gasteiger partial charge on any atom is -0.487 e. The van der Waals surface area contributed by atoms with Gasteiger partial charge in [-0.05, 0) is 36.6 Å². The highest BCUT2D eigenvalue weighted by Crippen LogP contribution is 2.39. The van der Waals surface area contributed by atoms with Gasteiger partial charge in [-0.2, -0.15) is 0 Å². The van der Waals surface area contributed by atoms with Gasteiger partial charge < -0.3 is 9.64 Å². The number of ether oxygens (including phenoxy) is 1. The summed E-state index contributed by atoms with van der Waals surface area (Å²) in [4.78, 5) is 14.0. The summed E-state index contributed by atoms with van der Waals surface area (Å²) in [7, 11) is 0. The Labute approximate surface area is 145 Å². The lowest BCUT2D eigenvalue weighted by Crippen LogP contribution is -2.51. The van der Waals surface area contributed by atoms with Crippen LogP contribution in [0.25, 0.3) is 0 Å². The molecule has 0 aliphatic carbocycles. The van der Waals surface area contributed by atoms with Crippen LogP contribution in [0.2, 0.25) is 0 Å². The number of carbonyl (C=O) groups is 1. The molecule has 2 heterocycles. The van der Waals surface area contributed by atoms with E-state index in [-0.39, 0.29) is 5.60 Å². The van der Waals surface area contributed by atoms with Gasteiger partial charge in [-0.15, -0.1) is 0 Å². The van der Waals surface area contributed by atoms with Crippen molar-refractivity contribution in [2.75, 3.05) is 13.1 Å². The lowest BCUT2D eigenvalue weighted by atomic mass is 9.83. The molecule has 0 radical (unpaired) electrons. The third-order valence-electron chi connectivity index (χ3n) is 5.29. The Morgan fingerprint density at radius 3 is 2.36 bits per heavy atom. The first-order valence-electron chi connectivity index (χ1n) is 8.58. The minimum absolute atomic E-state index is 0.279. The van der Waals surface area contributed by atoms with Gasteiger partial charge in [0.25, 0.3) is 5.91 Å². The Morgan fingerprint density at radius 1 is 0.960 bits per heavy atom. The molecule has 0 N–H and O–H groups in total. The summed E-state index contributed by atoms with van der Waals surface area (Å²) < 4.78 is 34.0. The van der Waals surface area contributed by atoms with E-state index in [1.54, 1.807) is 0 Å². The third-order valence-corrected chi connectivity index (χ3v) is 5.29. The highest BCUT2D eigenvalue weighted by Gasteiger charge is 2.41. The van der Waals surface area contributed by atoms with Crippen molar-refractivity contribution in [2.24, 2.45) is 0 Å². The van der Waals surface area contributed by atoms with E-state index in [1.165, 1.54) is 16.5 Å². The first kappa shape index (κ1) is 16.1. The van der Waals surface area contributed by atoms with Gasteiger partial charge in [0.05, 0.1) is 0 Å². The number of piperidine rings is 1. The van der Waals surface area contributed by atoms with Crippen LogP contribution in [0.3, 0.4) is 0 Å². The fourth-order valence-electron chi connectivity index (χ4n) is 3.79. The average Bonchev–Trinajstić information content (AvgIpc) is 2.62. The number of benzene rings is 2. The van der Waals surface area contributed by atoms with Gasteiger partial charge in [-0.3, -0.25) is 4.79 Å². The van der Waals surface area contributed by atoms with Crippen molar-refractivity contribution < 1.29 is 18.3 Å². The van der Waals surface area contributed by atoms with Crippen LogP contribution in [0, 0.1) is 11.6 Å². The van der Waals surface area contributed by atoms with E-state index in [0.29, 0.717) is 25.9 Å². The van der Waals surface area contributed by atoms with Crippen LogP contribution < -0.4 is 4.74 Å².